The molecule has 0 saturated heterocycles. The van der Waals surface area contributed by atoms with Crippen molar-refractivity contribution in [2.75, 3.05) is 13.1 Å². The summed E-state index contributed by atoms with van der Waals surface area (Å²) in [5.41, 5.74) is 6.94. The zero-order valence-electron chi connectivity index (χ0n) is 12.8. The van der Waals surface area contributed by atoms with Gasteiger partial charge >= 0.3 is 6.09 Å². The Bertz CT molecular complexity index is 549. The van der Waals surface area contributed by atoms with Gasteiger partial charge in [-0.25, -0.2) is 4.79 Å². The van der Waals surface area contributed by atoms with Crippen LogP contribution in [0.3, 0.4) is 0 Å². The number of rotatable bonds is 1. The van der Waals surface area contributed by atoms with Gasteiger partial charge in [0.05, 0.1) is 5.92 Å². The van der Waals surface area contributed by atoms with Crippen LogP contribution in [0.4, 0.5) is 4.79 Å². The van der Waals surface area contributed by atoms with Crippen molar-refractivity contribution in [2.45, 2.75) is 38.7 Å². The second-order valence-electron chi connectivity index (χ2n) is 6.33. The Morgan fingerprint density at radius 1 is 1.29 bits per heavy atom. The Morgan fingerprint density at radius 2 is 1.95 bits per heavy atom. The Hall–Kier alpha value is -2.04. The average Bonchev–Trinajstić information content (AvgIpc) is 2.56. The normalized spacial score (nSPS) is 18.6. The molecule has 2 N–H and O–H groups in total. The molecular formula is C16H22N2O3. The molecule has 1 heterocycles. The molecule has 2 amide bonds. The molecule has 0 bridgehead atoms. The molecule has 0 spiro atoms. The Labute approximate surface area is 125 Å². The van der Waals surface area contributed by atoms with Crippen molar-refractivity contribution >= 4 is 12.0 Å². The Balaban J connectivity index is 2.24. The van der Waals surface area contributed by atoms with Crippen LogP contribution in [0.2, 0.25) is 0 Å². The summed E-state index contributed by atoms with van der Waals surface area (Å²) in [7, 11) is 0. The number of benzene rings is 1. The van der Waals surface area contributed by atoms with Gasteiger partial charge in [0.1, 0.15) is 5.60 Å². The fourth-order valence-electron chi connectivity index (χ4n) is 2.50. The van der Waals surface area contributed by atoms with Gasteiger partial charge in [-0.1, -0.05) is 24.3 Å². The van der Waals surface area contributed by atoms with Crippen LogP contribution >= 0.6 is 0 Å². The minimum absolute atomic E-state index is 0.265. The Morgan fingerprint density at radius 3 is 2.57 bits per heavy atom. The third-order valence-electron chi connectivity index (χ3n) is 3.48. The van der Waals surface area contributed by atoms with Crippen LogP contribution in [0.25, 0.3) is 0 Å². The molecule has 1 aliphatic rings. The van der Waals surface area contributed by atoms with Crippen LogP contribution in [0, 0.1) is 0 Å². The van der Waals surface area contributed by atoms with E-state index in [0.29, 0.717) is 13.0 Å². The first-order chi connectivity index (χ1) is 9.78. The summed E-state index contributed by atoms with van der Waals surface area (Å²) in [5.74, 6) is -0.908. The lowest BCUT2D eigenvalue weighted by molar-refractivity contribution is -0.119. The van der Waals surface area contributed by atoms with Crippen LogP contribution in [-0.2, 0) is 16.0 Å². The van der Waals surface area contributed by atoms with E-state index in [1.165, 1.54) is 0 Å². The number of ether oxygens (including phenoxy) is 1. The second kappa shape index (κ2) is 5.76. The third kappa shape index (κ3) is 3.74. The highest BCUT2D eigenvalue weighted by Gasteiger charge is 2.31. The molecular weight excluding hydrogens is 268 g/mol. The van der Waals surface area contributed by atoms with E-state index in [0.717, 1.165) is 11.1 Å². The van der Waals surface area contributed by atoms with Crippen LogP contribution in [-0.4, -0.2) is 35.6 Å². The fraction of sp³-hybridized carbons (Fsp3) is 0.500. The molecule has 1 aromatic carbocycles. The van der Waals surface area contributed by atoms with Gasteiger partial charge in [0, 0.05) is 13.1 Å². The number of nitrogens with two attached hydrogens (primary N) is 1. The molecule has 21 heavy (non-hydrogen) atoms. The van der Waals surface area contributed by atoms with Gasteiger partial charge in [-0.05, 0) is 38.3 Å². The zero-order valence-corrected chi connectivity index (χ0v) is 12.8. The number of primary amides is 1. The Kier molecular flexibility index (Phi) is 4.21. The molecule has 1 atom stereocenters. The van der Waals surface area contributed by atoms with Crippen molar-refractivity contribution in [1.29, 1.82) is 0 Å². The molecule has 0 radical (unpaired) electrons. The van der Waals surface area contributed by atoms with Crippen molar-refractivity contribution < 1.29 is 14.3 Å². The highest BCUT2D eigenvalue weighted by Crippen LogP contribution is 2.26. The maximum atomic E-state index is 12.2. The van der Waals surface area contributed by atoms with Crippen molar-refractivity contribution in [1.82, 2.24) is 4.90 Å². The summed E-state index contributed by atoms with van der Waals surface area (Å²) >= 11 is 0. The van der Waals surface area contributed by atoms with Crippen LogP contribution in [0.15, 0.2) is 24.3 Å². The van der Waals surface area contributed by atoms with Gasteiger partial charge in [-0.3, -0.25) is 4.79 Å². The summed E-state index contributed by atoms with van der Waals surface area (Å²) in [6, 6.07) is 7.70. The SMILES string of the molecule is CC(C)(C)OC(=O)N1CCc2ccccc2C(C(N)=O)C1. The molecule has 5 heteroatoms. The lowest BCUT2D eigenvalue weighted by Gasteiger charge is -2.27. The van der Waals surface area contributed by atoms with E-state index in [-0.39, 0.29) is 6.54 Å². The van der Waals surface area contributed by atoms with E-state index in [1.807, 2.05) is 45.0 Å². The lowest BCUT2D eigenvalue weighted by Crippen LogP contribution is -2.41. The molecule has 2 rings (SSSR count). The smallest absolute Gasteiger partial charge is 0.410 e. The quantitative estimate of drug-likeness (QED) is 0.860. The number of carbonyl (C=O) groups excluding carboxylic acids is 2. The molecule has 1 aliphatic heterocycles. The lowest BCUT2D eigenvalue weighted by atomic mass is 9.93. The van der Waals surface area contributed by atoms with E-state index in [9.17, 15) is 9.59 Å². The van der Waals surface area contributed by atoms with Crippen molar-refractivity contribution in [3.8, 4) is 0 Å². The molecule has 114 valence electrons. The highest BCUT2D eigenvalue weighted by molar-refractivity contribution is 5.83. The fourth-order valence-corrected chi connectivity index (χ4v) is 2.50. The molecule has 0 fully saturated rings. The summed E-state index contributed by atoms with van der Waals surface area (Å²) in [6.07, 6.45) is 0.292. The maximum Gasteiger partial charge on any atom is 0.410 e. The predicted molar refractivity (Wildman–Crippen MR) is 79.9 cm³/mol. The molecule has 0 saturated carbocycles. The van der Waals surface area contributed by atoms with Crippen molar-refractivity contribution in [3.05, 3.63) is 35.4 Å². The molecule has 0 aliphatic carbocycles. The predicted octanol–water partition coefficient (Wildman–Crippen LogP) is 2.05. The first-order valence-corrected chi connectivity index (χ1v) is 7.13. The largest absolute Gasteiger partial charge is 0.444 e. The molecule has 1 aromatic rings. The summed E-state index contributed by atoms with van der Waals surface area (Å²) in [5, 5.41) is 0. The molecule has 0 aromatic heterocycles. The average molecular weight is 290 g/mol. The van der Waals surface area contributed by atoms with Gasteiger partial charge in [-0.15, -0.1) is 0 Å². The van der Waals surface area contributed by atoms with Crippen molar-refractivity contribution in [3.63, 3.8) is 0 Å². The van der Waals surface area contributed by atoms with Crippen molar-refractivity contribution in [2.24, 2.45) is 5.73 Å². The number of nitrogens with zero attached hydrogens (tertiary/aromatic N) is 1. The van der Waals surface area contributed by atoms with E-state index < -0.39 is 23.5 Å². The first-order valence-electron chi connectivity index (χ1n) is 7.13. The minimum atomic E-state index is -0.557. The number of fused-ring (bicyclic) bond motifs is 1. The zero-order chi connectivity index (χ0) is 15.6. The molecule has 1 unspecified atom stereocenters. The van der Waals surface area contributed by atoms with Gasteiger partial charge in [0.25, 0.3) is 0 Å². The topological polar surface area (TPSA) is 72.6 Å². The summed E-state index contributed by atoms with van der Waals surface area (Å²) < 4.78 is 5.39. The van der Waals surface area contributed by atoms with Gasteiger partial charge in [0.2, 0.25) is 5.91 Å². The van der Waals surface area contributed by atoms with Gasteiger partial charge in [-0.2, -0.15) is 0 Å². The van der Waals surface area contributed by atoms with E-state index in [1.54, 1.807) is 4.90 Å². The summed E-state index contributed by atoms with van der Waals surface area (Å²) in [6.45, 7) is 6.26. The van der Waals surface area contributed by atoms with E-state index in [2.05, 4.69) is 0 Å². The maximum absolute atomic E-state index is 12.2. The first kappa shape index (κ1) is 15.4. The summed E-state index contributed by atoms with van der Waals surface area (Å²) in [4.78, 5) is 25.6. The standard InChI is InChI=1S/C16H22N2O3/c1-16(2,3)21-15(20)18-9-8-11-6-4-5-7-12(11)13(10-18)14(17)19/h4-7,13H,8-10H2,1-3H3,(H2,17,19). The number of amides is 2. The van der Waals surface area contributed by atoms with Crippen LogP contribution < -0.4 is 5.73 Å². The molecule has 5 nitrogen and oxygen atoms in total. The number of hydrogen-bond acceptors (Lipinski definition) is 3. The van der Waals surface area contributed by atoms with Gasteiger partial charge in [0.15, 0.2) is 0 Å². The van der Waals surface area contributed by atoms with E-state index >= 15 is 0 Å². The van der Waals surface area contributed by atoms with Crippen LogP contribution in [0.1, 0.15) is 37.8 Å². The highest BCUT2D eigenvalue weighted by atomic mass is 16.6. The minimum Gasteiger partial charge on any atom is -0.444 e. The number of carbonyl (C=O) groups is 2. The van der Waals surface area contributed by atoms with Crippen LogP contribution in [0.5, 0.6) is 0 Å². The monoisotopic (exact) mass is 290 g/mol. The van der Waals surface area contributed by atoms with Gasteiger partial charge < -0.3 is 15.4 Å². The van der Waals surface area contributed by atoms with E-state index in [4.69, 9.17) is 10.5 Å². The second-order valence-corrected chi connectivity index (χ2v) is 6.33. The number of hydrogen-bond donors (Lipinski definition) is 1. The third-order valence-corrected chi connectivity index (χ3v) is 3.48.